The number of ether oxygens (including phenoxy) is 1. The van der Waals surface area contributed by atoms with E-state index in [2.05, 4.69) is 28.1 Å². The third kappa shape index (κ3) is 6.28. The van der Waals surface area contributed by atoms with Crippen LogP contribution >= 0.6 is 23.5 Å². The summed E-state index contributed by atoms with van der Waals surface area (Å²) in [7, 11) is -16.9. The lowest BCUT2D eigenvalue weighted by molar-refractivity contribution is -0.150. The molecule has 204 valence electrons. The van der Waals surface area contributed by atoms with Gasteiger partial charge in [-0.15, -0.1) is 0 Å². The Bertz CT molecular complexity index is 1310. The number of unbranched alkanes of at least 4 members (excludes halogenated alkanes) is 1. The third-order valence-electron chi connectivity index (χ3n) is 5.06. The maximum atomic E-state index is 12.2. The molecule has 0 aromatic carbocycles. The van der Waals surface area contributed by atoms with Crippen molar-refractivity contribution >= 4 is 40.6 Å². The van der Waals surface area contributed by atoms with Crippen LogP contribution in [-0.4, -0.2) is 74.2 Å². The molecule has 3 heterocycles. The molecule has 1 fully saturated rings. The van der Waals surface area contributed by atoms with Crippen molar-refractivity contribution in [2.75, 3.05) is 12.3 Å². The minimum Gasteiger partial charge on any atom is -0.387 e. The lowest BCUT2D eigenvalue weighted by Gasteiger charge is -2.33. The molecule has 0 radical (unpaired) electrons. The summed E-state index contributed by atoms with van der Waals surface area (Å²) in [4.78, 5) is 58.5. The number of anilines is 1. The second-order valence-electron chi connectivity index (χ2n) is 7.66. The summed E-state index contributed by atoms with van der Waals surface area (Å²) < 4.78 is 53.1. The number of nitrogens with one attached hydrogen (secondary N) is 1. The first-order chi connectivity index (χ1) is 16.5. The van der Waals surface area contributed by atoms with E-state index in [-0.39, 0.29) is 23.5 Å². The molecule has 0 aliphatic carbocycles. The Labute approximate surface area is 201 Å². The first kappa shape index (κ1) is 29.0. The number of aliphatic hydroxyl groups is 2. The number of nitrogens with two attached hydrogens (primary N) is 1. The van der Waals surface area contributed by atoms with Crippen LogP contribution in [0.1, 0.15) is 26.2 Å². The number of rotatable bonds is 11. The van der Waals surface area contributed by atoms with Gasteiger partial charge in [0.1, 0.15) is 18.3 Å². The quantitative estimate of drug-likeness (QED) is 0.148. The van der Waals surface area contributed by atoms with Gasteiger partial charge in [0.05, 0.1) is 12.9 Å². The fraction of sp³-hybridized carbons (Fsp3) is 0.643. The van der Waals surface area contributed by atoms with Crippen molar-refractivity contribution in [3.05, 3.63) is 16.7 Å². The molecule has 1 aliphatic rings. The largest absolute Gasteiger partial charge is 0.490 e. The van der Waals surface area contributed by atoms with Crippen LogP contribution in [0.2, 0.25) is 0 Å². The summed E-state index contributed by atoms with van der Waals surface area (Å²) in [6.07, 6.45) is -2.87. The maximum Gasteiger partial charge on any atom is 0.490 e. The van der Waals surface area contributed by atoms with Crippen molar-refractivity contribution in [1.29, 1.82) is 0 Å². The number of imidazole rings is 1. The molecule has 2 aromatic heterocycles. The van der Waals surface area contributed by atoms with Gasteiger partial charge in [-0.3, -0.25) is 18.9 Å². The molecule has 22 heteroatoms. The van der Waals surface area contributed by atoms with Gasteiger partial charge in [0, 0.05) is 0 Å². The fourth-order valence-electron chi connectivity index (χ4n) is 3.64. The van der Waals surface area contributed by atoms with Crippen LogP contribution in [0.3, 0.4) is 0 Å². The monoisotopic (exact) mass is 579 g/mol. The number of aromatic amines is 1. The van der Waals surface area contributed by atoms with Crippen LogP contribution in [0.4, 0.5) is 5.95 Å². The number of aliphatic hydroxyl groups excluding tert-OH is 2. The molecule has 0 amide bonds. The molecule has 2 aromatic rings. The smallest absolute Gasteiger partial charge is 0.387 e. The molecule has 2 unspecified atom stereocenters. The SMILES string of the molecule is CCCC[C@@]1(n2cnc3c(=O)[nH]c(N)nc32)O[C@H](COP(=O)(O)OP(=O)(O)OP(=O)(O)O)[C@@H](O)[C@H]1O. The van der Waals surface area contributed by atoms with Crippen molar-refractivity contribution in [1.82, 2.24) is 19.5 Å². The van der Waals surface area contributed by atoms with Gasteiger partial charge in [-0.1, -0.05) is 13.3 Å². The molecule has 36 heavy (non-hydrogen) atoms. The Morgan fingerprint density at radius 1 is 1.19 bits per heavy atom. The van der Waals surface area contributed by atoms with Crippen LogP contribution in [0.5, 0.6) is 0 Å². The first-order valence-corrected chi connectivity index (χ1v) is 14.6. The van der Waals surface area contributed by atoms with Crippen molar-refractivity contribution in [3.8, 4) is 0 Å². The molecule has 19 nitrogen and oxygen atoms in total. The zero-order valence-electron chi connectivity index (χ0n) is 18.3. The lowest BCUT2D eigenvalue weighted by Crippen LogP contribution is -2.45. The Morgan fingerprint density at radius 2 is 1.86 bits per heavy atom. The van der Waals surface area contributed by atoms with Crippen LogP contribution in [0.25, 0.3) is 11.2 Å². The van der Waals surface area contributed by atoms with Gasteiger partial charge in [0.25, 0.3) is 5.56 Å². The van der Waals surface area contributed by atoms with Gasteiger partial charge in [0.15, 0.2) is 16.9 Å². The van der Waals surface area contributed by atoms with E-state index in [9.17, 15) is 38.5 Å². The van der Waals surface area contributed by atoms with Gasteiger partial charge < -0.3 is 40.3 Å². The summed E-state index contributed by atoms with van der Waals surface area (Å²) in [5.74, 6) is -0.267. The molecular weight excluding hydrogens is 555 g/mol. The second kappa shape index (κ2) is 10.3. The lowest BCUT2D eigenvalue weighted by atomic mass is 9.96. The predicted octanol–water partition coefficient (Wildman–Crippen LogP) is -0.991. The highest BCUT2D eigenvalue weighted by Gasteiger charge is 2.56. The predicted molar refractivity (Wildman–Crippen MR) is 117 cm³/mol. The molecule has 1 saturated heterocycles. The van der Waals surface area contributed by atoms with E-state index in [4.69, 9.17) is 20.3 Å². The number of nitrogen functional groups attached to an aromatic ring is 1. The molecule has 0 bridgehead atoms. The Kier molecular flexibility index (Phi) is 8.30. The number of aromatic nitrogens is 4. The van der Waals surface area contributed by atoms with Gasteiger partial charge in [0.2, 0.25) is 5.95 Å². The first-order valence-electron chi connectivity index (χ1n) is 10.1. The van der Waals surface area contributed by atoms with Crippen LogP contribution in [-0.2, 0) is 37.3 Å². The van der Waals surface area contributed by atoms with Gasteiger partial charge in [-0.05, 0) is 12.8 Å². The molecule has 9 N–H and O–H groups in total. The van der Waals surface area contributed by atoms with Crippen LogP contribution in [0.15, 0.2) is 11.1 Å². The summed E-state index contributed by atoms with van der Waals surface area (Å²) >= 11 is 0. The van der Waals surface area contributed by atoms with Gasteiger partial charge >= 0.3 is 23.5 Å². The number of fused-ring (bicyclic) bond motifs is 1. The highest BCUT2D eigenvalue weighted by Crippen LogP contribution is 2.66. The second-order valence-corrected chi connectivity index (χ2v) is 12.1. The maximum absolute atomic E-state index is 12.2. The third-order valence-corrected chi connectivity index (χ3v) is 8.86. The van der Waals surface area contributed by atoms with Crippen LogP contribution in [0, 0.1) is 0 Å². The van der Waals surface area contributed by atoms with Crippen molar-refractivity contribution in [2.45, 2.75) is 50.2 Å². The van der Waals surface area contributed by atoms with Gasteiger partial charge in [-0.25, -0.2) is 18.7 Å². The summed E-state index contributed by atoms with van der Waals surface area (Å²) in [5.41, 5.74) is 2.89. The molecule has 0 saturated carbocycles. The molecular formula is C14H24N5O14P3. The summed E-state index contributed by atoms with van der Waals surface area (Å²) in [6.45, 7) is 0.809. The standard InChI is InChI=1S/C14H24N5O14P3/c1-2-3-4-14(19-6-16-8-11(19)17-13(15)18-12(8)22)10(21)9(20)7(31-14)5-30-35(26,27)33-36(28,29)32-34(23,24)25/h6-7,9-10,20-21H,2-5H2,1H3,(H,26,27)(H,28,29)(H2,23,24,25)(H3,15,17,18,22)/t7-,9-,10-,14-/m1/s1. The fourth-order valence-corrected chi connectivity index (χ4v) is 6.67. The van der Waals surface area contributed by atoms with E-state index in [1.807, 2.05) is 6.92 Å². The zero-order valence-corrected chi connectivity index (χ0v) is 21.0. The van der Waals surface area contributed by atoms with E-state index in [0.29, 0.717) is 12.8 Å². The molecule has 0 spiro atoms. The number of phosphoric acid groups is 3. The van der Waals surface area contributed by atoms with Crippen LogP contribution < -0.4 is 11.3 Å². The number of hydrogen-bond acceptors (Lipinski definition) is 13. The van der Waals surface area contributed by atoms with E-state index >= 15 is 0 Å². The minimum absolute atomic E-state index is 0.0350. The van der Waals surface area contributed by atoms with E-state index in [0.717, 1.165) is 6.33 Å². The normalized spacial score (nSPS) is 28.2. The molecule has 3 rings (SSSR count). The van der Waals surface area contributed by atoms with Crippen molar-refractivity contribution in [3.63, 3.8) is 0 Å². The van der Waals surface area contributed by atoms with E-state index in [1.54, 1.807) is 0 Å². The van der Waals surface area contributed by atoms with Crippen molar-refractivity contribution in [2.24, 2.45) is 0 Å². The molecule has 1 aliphatic heterocycles. The number of phosphoric ester groups is 1. The Hall–Kier alpha value is -1.56. The Balaban J connectivity index is 1.88. The minimum atomic E-state index is -5.76. The number of hydrogen-bond donors (Lipinski definition) is 8. The zero-order chi connectivity index (χ0) is 27.1. The number of nitrogens with zero attached hydrogens (tertiary/aromatic N) is 3. The highest BCUT2D eigenvalue weighted by molar-refractivity contribution is 7.66. The topological polar surface area (TPSA) is 299 Å². The summed E-state index contributed by atoms with van der Waals surface area (Å²) in [6, 6.07) is 0. The Morgan fingerprint density at radius 3 is 2.47 bits per heavy atom. The average Bonchev–Trinajstić information content (AvgIpc) is 3.23. The van der Waals surface area contributed by atoms with Crippen molar-refractivity contribution < 1.29 is 61.4 Å². The highest BCUT2D eigenvalue weighted by atomic mass is 31.3. The van der Waals surface area contributed by atoms with E-state index < -0.39 is 59.7 Å². The summed E-state index contributed by atoms with van der Waals surface area (Å²) in [5, 5.41) is 21.5. The molecule has 6 atom stereocenters. The van der Waals surface area contributed by atoms with E-state index in [1.165, 1.54) is 4.57 Å². The van der Waals surface area contributed by atoms with Gasteiger partial charge in [-0.2, -0.15) is 13.6 Å². The number of H-pyrrole nitrogens is 1. The average molecular weight is 579 g/mol.